The number of nitrogens with one attached hydrogen (secondary N) is 1. The van der Waals surface area contributed by atoms with E-state index in [1.807, 2.05) is 36.9 Å². The molecule has 0 unspecified atom stereocenters. The van der Waals surface area contributed by atoms with Crippen LogP contribution in [0.1, 0.15) is 41.8 Å². The van der Waals surface area contributed by atoms with Crippen molar-refractivity contribution in [1.82, 2.24) is 10.2 Å². The summed E-state index contributed by atoms with van der Waals surface area (Å²) in [5.74, 6) is 1.29. The molecule has 41 heavy (non-hydrogen) atoms. The molecule has 0 aliphatic carbocycles. The number of carbonyl (C=O) groups excluding carboxylic acids is 1. The fourth-order valence-corrected chi connectivity index (χ4v) is 5.19. The number of rotatable bonds is 14. The van der Waals surface area contributed by atoms with Crippen LogP contribution in [0.5, 0.6) is 11.5 Å². The van der Waals surface area contributed by atoms with Crippen LogP contribution in [0, 0.1) is 17.2 Å². The highest BCUT2D eigenvalue weighted by Gasteiger charge is 2.32. The summed E-state index contributed by atoms with van der Waals surface area (Å²) in [6.45, 7) is 7.90. The second kappa shape index (κ2) is 14.8. The zero-order chi connectivity index (χ0) is 29.2. The quantitative estimate of drug-likeness (QED) is 0.283. The third kappa shape index (κ3) is 7.98. The molecule has 4 rings (SSSR count). The number of carbonyl (C=O) groups is 1. The van der Waals surface area contributed by atoms with Gasteiger partial charge in [-0.2, -0.15) is 5.26 Å². The van der Waals surface area contributed by atoms with E-state index in [1.54, 1.807) is 32.4 Å². The maximum absolute atomic E-state index is 13.7. The second-order valence-electron chi connectivity index (χ2n) is 10.7. The monoisotopic (exact) mass is 559 g/mol. The average Bonchev–Trinajstić information content (AvgIpc) is 3.43. The van der Waals surface area contributed by atoms with Crippen LogP contribution in [0.15, 0.2) is 54.6 Å². The highest BCUT2D eigenvalue weighted by Crippen LogP contribution is 2.29. The summed E-state index contributed by atoms with van der Waals surface area (Å²) < 4.78 is 22.8. The molecule has 1 amide bonds. The summed E-state index contributed by atoms with van der Waals surface area (Å²) in [6, 6.07) is 19.7. The van der Waals surface area contributed by atoms with Crippen LogP contribution in [0.4, 0.5) is 0 Å². The van der Waals surface area contributed by atoms with Crippen molar-refractivity contribution in [3.05, 3.63) is 71.3 Å². The zero-order valence-electron chi connectivity index (χ0n) is 24.5. The standard InChI is InChI=1S/C33H41N3O5/c1-23(2)36(33(37)27-10-11-30(39-4)31(18-27)40-14-5-13-38-3)22-29-20-35-21-32(29)41-15-12-24-6-8-26-9-7-25(19-34)17-28(26)16-24/h6-11,16-18,23,29,32,35H,5,12-15,20-22H2,1-4H3/t29-,32+/m0/s1. The molecule has 2 atom stereocenters. The molecule has 0 radical (unpaired) electrons. The first-order valence-electron chi connectivity index (χ1n) is 14.3. The number of amides is 1. The van der Waals surface area contributed by atoms with Crippen molar-refractivity contribution < 1.29 is 23.7 Å². The minimum Gasteiger partial charge on any atom is -0.493 e. The van der Waals surface area contributed by atoms with Gasteiger partial charge in [0.2, 0.25) is 0 Å². The third-order valence-corrected chi connectivity index (χ3v) is 7.51. The van der Waals surface area contributed by atoms with Crippen molar-refractivity contribution in [1.29, 1.82) is 5.26 Å². The normalized spacial score (nSPS) is 16.6. The Bertz CT molecular complexity index is 1350. The van der Waals surface area contributed by atoms with Gasteiger partial charge in [0.25, 0.3) is 5.91 Å². The molecule has 3 aromatic rings. The summed E-state index contributed by atoms with van der Waals surface area (Å²) in [5.41, 5.74) is 2.41. The Morgan fingerprint density at radius 2 is 1.83 bits per heavy atom. The van der Waals surface area contributed by atoms with E-state index < -0.39 is 0 Å². The summed E-state index contributed by atoms with van der Waals surface area (Å²) in [4.78, 5) is 15.6. The highest BCUT2D eigenvalue weighted by molar-refractivity contribution is 5.95. The third-order valence-electron chi connectivity index (χ3n) is 7.51. The Kier molecular flexibility index (Phi) is 11.0. The lowest BCUT2D eigenvalue weighted by molar-refractivity contribution is 0.0238. The van der Waals surface area contributed by atoms with Crippen LogP contribution in [-0.4, -0.2) is 76.6 Å². The Morgan fingerprint density at radius 1 is 1.00 bits per heavy atom. The summed E-state index contributed by atoms with van der Waals surface area (Å²) in [6.07, 6.45) is 1.54. The van der Waals surface area contributed by atoms with Crippen LogP contribution in [-0.2, 0) is 15.9 Å². The van der Waals surface area contributed by atoms with Gasteiger partial charge < -0.3 is 29.2 Å². The minimum atomic E-state index is -0.0389. The molecule has 1 fully saturated rings. The van der Waals surface area contributed by atoms with Crippen LogP contribution >= 0.6 is 0 Å². The van der Waals surface area contributed by atoms with E-state index in [0.717, 1.165) is 36.7 Å². The van der Waals surface area contributed by atoms with Crippen molar-refractivity contribution in [2.24, 2.45) is 5.92 Å². The second-order valence-corrected chi connectivity index (χ2v) is 10.7. The van der Waals surface area contributed by atoms with Gasteiger partial charge in [-0.15, -0.1) is 0 Å². The first-order chi connectivity index (χ1) is 19.9. The van der Waals surface area contributed by atoms with E-state index in [1.165, 1.54) is 5.56 Å². The highest BCUT2D eigenvalue weighted by atomic mass is 16.5. The SMILES string of the molecule is COCCCOc1cc(C(=O)N(C[C@@H]2CNC[C@H]2OCCc2ccc3ccc(C#N)cc3c2)C(C)C)ccc1OC. The summed E-state index contributed by atoms with van der Waals surface area (Å²) in [7, 11) is 3.25. The first kappa shape index (κ1) is 30.3. The van der Waals surface area contributed by atoms with Crippen LogP contribution < -0.4 is 14.8 Å². The fraction of sp³-hybridized carbons (Fsp3) is 0.455. The number of nitrogens with zero attached hydrogens (tertiary/aromatic N) is 2. The molecule has 8 nitrogen and oxygen atoms in total. The lowest BCUT2D eigenvalue weighted by Gasteiger charge is -2.31. The number of methoxy groups -OCH3 is 2. The van der Waals surface area contributed by atoms with Crippen molar-refractivity contribution in [2.45, 2.75) is 38.8 Å². The molecule has 218 valence electrons. The molecule has 1 saturated heterocycles. The van der Waals surface area contributed by atoms with Gasteiger partial charge in [0.1, 0.15) is 0 Å². The molecular formula is C33H41N3O5. The van der Waals surface area contributed by atoms with Gasteiger partial charge in [0.05, 0.1) is 38.1 Å². The molecule has 0 bridgehead atoms. The Hall–Kier alpha value is -3.64. The number of benzene rings is 3. The van der Waals surface area contributed by atoms with E-state index >= 15 is 0 Å². The van der Waals surface area contributed by atoms with E-state index in [-0.39, 0.29) is 24.0 Å². The summed E-state index contributed by atoms with van der Waals surface area (Å²) >= 11 is 0. The van der Waals surface area contributed by atoms with Crippen molar-refractivity contribution in [2.75, 3.05) is 53.7 Å². The molecule has 3 aromatic carbocycles. The van der Waals surface area contributed by atoms with Gasteiger partial charge in [-0.25, -0.2) is 0 Å². The van der Waals surface area contributed by atoms with Crippen molar-refractivity contribution in [3.8, 4) is 17.6 Å². The van der Waals surface area contributed by atoms with E-state index in [2.05, 4.69) is 29.6 Å². The van der Waals surface area contributed by atoms with Crippen LogP contribution in [0.3, 0.4) is 0 Å². The van der Waals surface area contributed by atoms with Gasteiger partial charge >= 0.3 is 0 Å². The largest absolute Gasteiger partial charge is 0.493 e. The topological polar surface area (TPSA) is 93.0 Å². The van der Waals surface area contributed by atoms with E-state index in [9.17, 15) is 10.1 Å². The van der Waals surface area contributed by atoms with Crippen molar-refractivity contribution >= 4 is 16.7 Å². The molecule has 8 heteroatoms. The predicted molar refractivity (Wildman–Crippen MR) is 160 cm³/mol. The molecule has 0 saturated carbocycles. The molecule has 1 N–H and O–H groups in total. The number of hydrogen-bond donors (Lipinski definition) is 1. The lowest BCUT2D eigenvalue weighted by atomic mass is 10.0. The maximum atomic E-state index is 13.7. The number of ether oxygens (including phenoxy) is 4. The van der Waals surface area contributed by atoms with Gasteiger partial charge in [-0.3, -0.25) is 4.79 Å². The smallest absolute Gasteiger partial charge is 0.254 e. The van der Waals surface area contributed by atoms with Gasteiger partial charge in [0, 0.05) is 57.3 Å². The van der Waals surface area contributed by atoms with E-state index in [0.29, 0.717) is 49.0 Å². The number of hydrogen-bond acceptors (Lipinski definition) is 7. The Morgan fingerprint density at radius 3 is 2.59 bits per heavy atom. The summed E-state index contributed by atoms with van der Waals surface area (Å²) in [5, 5.41) is 14.8. The first-order valence-corrected chi connectivity index (χ1v) is 14.3. The van der Waals surface area contributed by atoms with Gasteiger partial charge in [-0.1, -0.05) is 24.3 Å². The Balaban J connectivity index is 1.37. The van der Waals surface area contributed by atoms with Crippen LogP contribution in [0.2, 0.25) is 0 Å². The van der Waals surface area contributed by atoms with E-state index in [4.69, 9.17) is 18.9 Å². The van der Waals surface area contributed by atoms with Gasteiger partial charge in [0.15, 0.2) is 11.5 Å². The Labute approximate surface area is 243 Å². The maximum Gasteiger partial charge on any atom is 0.254 e. The van der Waals surface area contributed by atoms with Gasteiger partial charge in [-0.05, 0) is 66.9 Å². The molecule has 1 heterocycles. The lowest BCUT2D eigenvalue weighted by Crippen LogP contribution is -2.43. The van der Waals surface area contributed by atoms with Crippen molar-refractivity contribution in [3.63, 3.8) is 0 Å². The average molecular weight is 560 g/mol. The fourth-order valence-electron chi connectivity index (χ4n) is 5.19. The molecular weight excluding hydrogens is 518 g/mol. The molecule has 1 aliphatic heterocycles. The zero-order valence-corrected chi connectivity index (χ0v) is 24.5. The molecule has 0 spiro atoms. The number of fused-ring (bicyclic) bond motifs is 1. The molecule has 0 aromatic heterocycles. The number of nitriles is 1. The predicted octanol–water partition coefficient (Wildman–Crippen LogP) is 4.83. The minimum absolute atomic E-state index is 0.0187. The molecule has 1 aliphatic rings. The van der Waals surface area contributed by atoms with Crippen LogP contribution in [0.25, 0.3) is 10.8 Å².